The van der Waals surface area contributed by atoms with Gasteiger partial charge in [-0.05, 0) is 31.4 Å². The van der Waals surface area contributed by atoms with Crippen LogP contribution in [0.3, 0.4) is 0 Å². The highest BCUT2D eigenvalue weighted by Gasteiger charge is 2.27. The van der Waals surface area contributed by atoms with E-state index >= 15 is 0 Å². The Bertz CT molecular complexity index is 763. The SMILES string of the molecule is O=C(N=C1SCCCN1C1CCCCC1)c1c[nH]c2ncccc12. The van der Waals surface area contributed by atoms with E-state index < -0.39 is 0 Å². The standard InChI is InChI=1S/C18H22N4OS/c23-17(15-12-20-16-14(15)8-4-9-19-16)21-18-22(10-5-11-24-18)13-6-2-1-3-7-13/h4,8-9,12-13H,1-3,5-7,10-11H2,(H,19,20). The Morgan fingerprint density at radius 2 is 2.17 bits per heavy atom. The fourth-order valence-electron chi connectivity index (χ4n) is 3.68. The predicted molar refractivity (Wildman–Crippen MR) is 98.5 cm³/mol. The van der Waals surface area contributed by atoms with Crippen molar-refractivity contribution in [2.75, 3.05) is 12.3 Å². The first kappa shape index (κ1) is 15.7. The molecule has 1 N–H and O–H groups in total. The van der Waals surface area contributed by atoms with Crippen LogP contribution in [0.15, 0.2) is 29.5 Å². The lowest BCUT2D eigenvalue weighted by molar-refractivity contribution is 0.100. The van der Waals surface area contributed by atoms with Crippen molar-refractivity contribution in [3.05, 3.63) is 30.1 Å². The molecule has 1 aliphatic carbocycles. The molecule has 3 heterocycles. The Balaban J connectivity index is 1.60. The third-order valence-electron chi connectivity index (χ3n) is 4.91. The van der Waals surface area contributed by atoms with Crippen molar-refractivity contribution >= 4 is 33.9 Å². The zero-order valence-corrected chi connectivity index (χ0v) is 14.5. The van der Waals surface area contributed by atoms with Crippen molar-refractivity contribution in [2.24, 2.45) is 4.99 Å². The quantitative estimate of drug-likeness (QED) is 0.901. The fourth-order valence-corrected chi connectivity index (χ4v) is 4.69. The summed E-state index contributed by atoms with van der Waals surface area (Å²) in [5.41, 5.74) is 1.35. The molecule has 0 bridgehead atoms. The minimum absolute atomic E-state index is 0.167. The number of fused-ring (bicyclic) bond motifs is 1. The summed E-state index contributed by atoms with van der Waals surface area (Å²) in [5.74, 6) is 0.879. The first-order valence-electron chi connectivity index (χ1n) is 8.77. The van der Waals surface area contributed by atoms with E-state index in [-0.39, 0.29) is 5.91 Å². The number of carbonyl (C=O) groups is 1. The van der Waals surface area contributed by atoms with Crippen molar-refractivity contribution in [3.8, 4) is 0 Å². The van der Waals surface area contributed by atoms with Gasteiger partial charge in [-0.1, -0.05) is 31.0 Å². The van der Waals surface area contributed by atoms with E-state index in [0.717, 1.165) is 28.5 Å². The van der Waals surface area contributed by atoms with Gasteiger partial charge in [0.25, 0.3) is 5.91 Å². The zero-order chi connectivity index (χ0) is 16.4. The van der Waals surface area contributed by atoms with Crippen LogP contribution in [0.4, 0.5) is 0 Å². The van der Waals surface area contributed by atoms with Gasteiger partial charge in [-0.15, -0.1) is 0 Å². The van der Waals surface area contributed by atoms with E-state index in [0.29, 0.717) is 11.6 Å². The minimum atomic E-state index is -0.167. The molecule has 4 rings (SSSR count). The number of rotatable bonds is 2. The van der Waals surface area contributed by atoms with E-state index in [1.54, 1.807) is 24.2 Å². The van der Waals surface area contributed by atoms with Gasteiger partial charge in [-0.25, -0.2) is 4.98 Å². The molecule has 1 aliphatic heterocycles. The number of pyridine rings is 1. The van der Waals surface area contributed by atoms with Gasteiger partial charge in [0.1, 0.15) is 5.65 Å². The highest BCUT2D eigenvalue weighted by atomic mass is 32.2. The largest absolute Gasteiger partial charge is 0.348 e. The van der Waals surface area contributed by atoms with Crippen LogP contribution in [-0.4, -0.2) is 44.3 Å². The van der Waals surface area contributed by atoms with Gasteiger partial charge < -0.3 is 9.88 Å². The molecule has 0 spiro atoms. The number of thioether (sulfide) groups is 1. The summed E-state index contributed by atoms with van der Waals surface area (Å²) in [7, 11) is 0. The molecule has 0 unspecified atom stereocenters. The average Bonchev–Trinajstić information content (AvgIpc) is 3.07. The molecule has 2 aromatic heterocycles. The van der Waals surface area contributed by atoms with Gasteiger partial charge in [0.15, 0.2) is 5.17 Å². The monoisotopic (exact) mass is 342 g/mol. The van der Waals surface area contributed by atoms with Gasteiger partial charge in [-0.3, -0.25) is 4.79 Å². The first-order chi connectivity index (χ1) is 11.8. The summed E-state index contributed by atoms with van der Waals surface area (Å²) in [5, 5.41) is 1.76. The summed E-state index contributed by atoms with van der Waals surface area (Å²) in [6, 6.07) is 4.32. The molecule has 1 amide bonds. The maximum absolute atomic E-state index is 12.7. The zero-order valence-electron chi connectivity index (χ0n) is 13.7. The Morgan fingerprint density at radius 3 is 3.04 bits per heavy atom. The Labute approximate surface area is 145 Å². The van der Waals surface area contributed by atoms with Crippen LogP contribution >= 0.6 is 11.8 Å². The topological polar surface area (TPSA) is 61.4 Å². The van der Waals surface area contributed by atoms with Crippen LogP contribution < -0.4 is 0 Å². The molecular formula is C18H22N4OS. The average molecular weight is 342 g/mol. The van der Waals surface area contributed by atoms with Crippen molar-refractivity contribution < 1.29 is 4.79 Å². The van der Waals surface area contributed by atoms with Gasteiger partial charge in [0.05, 0.1) is 5.56 Å². The molecule has 2 fully saturated rings. The molecule has 0 radical (unpaired) electrons. The Hall–Kier alpha value is -1.82. The Morgan fingerprint density at radius 1 is 1.29 bits per heavy atom. The molecule has 1 saturated heterocycles. The van der Waals surface area contributed by atoms with Crippen LogP contribution in [0.5, 0.6) is 0 Å². The van der Waals surface area contributed by atoms with Gasteiger partial charge in [0.2, 0.25) is 0 Å². The molecule has 2 aromatic rings. The van der Waals surface area contributed by atoms with Crippen LogP contribution in [0, 0.1) is 0 Å². The number of H-pyrrole nitrogens is 1. The molecule has 5 nitrogen and oxygen atoms in total. The molecule has 1 saturated carbocycles. The molecule has 24 heavy (non-hydrogen) atoms. The Kier molecular flexibility index (Phi) is 4.56. The molecule has 0 aromatic carbocycles. The van der Waals surface area contributed by atoms with E-state index in [9.17, 15) is 4.79 Å². The number of aliphatic imine (C=N–C) groups is 1. The number of hydrogen-bond acceptors (Lipinski definition) is 3. The maximum atomic E-state index is 12.7. The molecule has 2 aliphatic rings. The fraction of sp³-hybridized carbons (Fsp3) is 0.500. The lowest BCUT2D eigenvalue weighted by Gasteiger charge is -2.38. The molecule has 126 valence electrons. The second-order valence-electron chi connectivity index (χ2n) is 6.49. The molecule has 6 heteroatoms. The highest BCUT2D eigenvalue weighted by Crippen LogP contribution is 2.29. The number of aromatic nitrogens is 2. The lowest BCUT2D eigenvalue weighted by atomic mass is 9.94. The summed E-state index contributed by atoms with van der Waals surface area (Å²) in [4.78, 5) is 26.9. The second-order valence-corrected chi connectivity index (χ2v) is 7.55. The molecular weight excluding hydrogens is 320 g/mol. The highest BCUT2D eigenvalue weighted by molar-refractivity contribution is 8.13. The van der Waals surface area contributed by atoms with Crippen LogP contribution in [0.25, 0.3) is 11.0 Å². The number of hydrogen-bond donors (Lipinski definition) is 1. The van der Waals surface area contributed by atoms with Crippen molar-refractivity contribution in [1.29, 1.82) is 0 Å². The lowest BCUT2D eigenvalue weighted by Crippen LogP contribution is -2.43. The summed E-state index contributed by atoms with van der Waals surface area (Å²) < 4.78 is 0. The smallest absolute Gasteiger partial charge is 0.281 e. The second kappa shape index (κ2) is 6.97. The number of amides is 1. The van der Waals surface area contributed by atoms with Crippen LogP contribution in [0.1, 0.15) is 48.9 Å². The third-order valence-corrected chi connectivity index (χ3v) is 5.99. The summed E-state index contributed by atoms with van der Waals surface area (Å²) >= 11 is 1.73. The number of carbonyl (C=O) groups excluding carboxylic acids is 1. The minimum Gasteiger partial charge on any atom is -0.348 e. The summed E-state index contributed by atoms with van der Waals surface area (Å²) in [6.45, 7) is 1.03. The van der Waals surface area contributed by atoms with Crippen LogP contribution in [0.2, 0.25) is 0 Å². The number of nitrogens with one attached hydrogen (secondary N) is 1. The predicted octanol–water partition coefficient (Wildman–Crippen LogP) is 3.83. The molecule has 0 atom stereocenters. The maximum Gasteiger partial charge on any atom is 0.281 e. The van der Waals surface area contributed by atoms with E-state index in [1.165, 1.54) is 38.5 Å². The van der Waals surface area contributed by atoms with E-state index in [2.05, 4.69) is 19.9 Å². The van der Waals surface area contributed by atoms with Crippen molar-refractivity contribution in [2.45, 2.75) is 44.6 Å². The van der Waals surface area contributed by atoms with E-state index in [1.807, 2.05) is 12.1 Å². The first-order valence-corrected chi connectivity index (χ1v) is 9.76. The summed E-state index contributed by atoms with van der Waals surface area (Å²) in [6.07, 6.45) is 11.0. The van der Waals surface area contributed by atoms with Crippen molar-refractivity contribution in [1.82, 2.24) is 14.9 Å². The number of nitrogens with zero attached hydrogens (tertiary/aromatic N) is 3. The van der Waals surface area contributed by atoms with E-state index in [4.69, 9.17) is 0 Å². The van der Waals surface area contributed by atoms with Crippen LogP contribution in [-0.2, 0) is 0 Å². The van der Waals surface area contributed by atoms with Crippen molar-refractivity contribution in [3.63, 3.8) is 0 Å². The normalized spacial score (nSPS) is 21.5. The van der Waals surface area contributed by atoms with Gasteiger partial charge in [-0.2, -0.15) is 4.99 Å². The van der Waals surface area contributed by atoms with Gasteiger partial charge in [0, 0.05) is 36.1 Å². The third kappa shape index (κ3) is 3.07. The number of aromatic amines is 1. The van der Waals surface area contributed by atoms with Gasteiger partial charge >= 0.3 is 0 Å². The number of amidine groups is 1.